The van der Waals surface area contributed by atoms with E-state index in [9.17, 15) is 4.79 Å². The van der Waals surface area contributed by atoms with E-state index in [-0.39, 0.29) is 35.9 Å². The number of hydrogen-bond donors (Lipinski definition) is 1. The number of piperidine rings is 1. The highest BCUT2D eigenvalue weighted by molar-refractivity contribution is 14.0. The predicted molar refractivity (Wildman–Crippen MR) is 121 cm³/mol. The number of esters is 1. The molecule has 1 atom stereocenters. The van der Waals surface area contributed by atoms with Crippen molar-refractivity contribution in [3.8, 4) is 0 Å². The number of thioether (sulfide) groups is 1. The number of nitrogens with one attached hydrogen (secondary N) is 1. The minimum atomic E-state index is -0.106. The van der Waals surface area contributed by atoms with Crippen LogP contribution < -0.4 is 5.32 Å². The third kappa shape index (κ3) is 6.49. The van der Waals surface area contributed by atoms with E-state index in [0.29, 0.717) is 5.25 Å². The molecule has 1 aliphatic heterocycles. The van der Waals surface area contributed by atoms with Crippen molar-refractivity contribution in [1.82, 2.24) is 10.2 Å². The summed E-state index contributed by atoms with van der Waals surface area (Å²) in [7, 11) is 3.25. The second-order valence-electron chi connectivity index (χ2n) is 5.99. The van der Waals surface area contributed by atoms with Gasteiger partial charge in [0.1, 0.15) is 0 Å². The van der Waals surface area contributed by atoms with Crippen molar-refractivity contribution in [3.63, 3.8) is 0 Å². The summed E-state index contributed by atoms with van der Waals surface area (Å²) >= 11 is 7.89. The van der Waals surface area contributed by atoms with Gasteiger partial charge in [-0.15, -0.1) is 24.0 Å². The number of aliphatic imine (C=N–C) groups is 1. The van der Waals surface area contributed by atoms with E-state index in [1.54, 1.807) is 18.8 Å². The number of carbonyl (C=O) groups excluding carboxylic acids is 1. The van der Waals surface area contributed by atoms with Crippen molar-refractivity contribution in [3.05, 3.63) is 34.9 Å². The Morgan fingerprint density at radius 1 is 1.46 bits per heavy atom. The summed E-state index contributed by atoms with van der Waals surface area (Å²) in [5.74, 6) is 0.778. The summed E-state index contributed by atoms with van der Waals surface area (Å²) in [6.45, 7) is 2.38. The minimum Gasteiger partial charge on any atom is -0.469 e. The Labute approximate surface area is 182 Å². The van der Waals surface area contributed by atoms with Gasteiger partial charge in [-0.2, -0.15) is 11.8 Å². The van der Waals surface area contributed by atoms with Crippen LogP contribution >= 0.6 is 47.3 Å². The zero-order valence-corrected chi connectivity index (χ0v) is 19.3. The molecule has 0 bridgehead atoms. The van der Waals surface area contributed by atoms with Gasteiger partial charge >= 0.3 is 5.97 Å². The molecule has 1 heterocycles. The molecule has 0 aromatic heterocycles. The molecule has 1 N–H and O–H groups in total. The fourth-order valence-corrected chi connectivity index (χ4v) is 3.92. The normalized spacial score (nSPS) is 16.6. The highest BCUT2D eigenvalue weighted by atomic mass is 127. The Morgan fingerprint density at radius 3 is 2.69 bits per heavy atom. The Morgan fingerprint density at radius 2 is 2.15 bits per heavy atom. The van der Waals surface area contributed by atoms with Crippen LogP contribution in [0.1, 0.15) is 23.7 Å². The Hall–Kier alpha value is -0.670. The third-order valence-electron chi connectivity index (χ3n) is 4.49. The average Bonchev–Trinajstić information content (AvgIpc) is 2.65. The molecule has 5 nitrogen and oxygen atoms in total. The molecule has 0 saturated carbocycles. The maximum Gasteiger partial charge on any atom is 0.308 e. The van der Waals surface area contributed by atoms with Gasteiger partial charge in [0.2, 0.25) is 0 Å². The highest BCUT2D eigenvalue weighted by Gasteiger charge is 2.27. The SMILES string of the molecule is CN=C(NCC(SC)c1cccc(Cl)c1)N1CCC(C(=O)OC)CC1.I. The smallest absolute Gasteiger partial charge is 0.308 e. The van der Waals surface area contributed by atoms with E-state index in [1.165, 1.54) is 12.7 Å². The summed E-state index contributed by atoms with van der Waals surface area (Å²) in [6.07, 6.45) is 3.69. The maximum atomic E-state index is 11.7. The van der Waals surface area contributed by atoms with E-state index < -0.39 is 0 Å². The standard InChI is InChI=1S/C18H26ClN3O2S.HI/c1-20-18(22-9-7-13(8-10-22)17(23)24-2)21-12-16(25-3)14-5-4-6-15(19)11-14;/h4-6,11,13,16H,7-10,12H2,1-3H3,(H,20,21);1H. The van der Waals surface area contributed by atoms with Crippen LogP contribution in [0, 0.1) is 5.92 Å². The molecular weight excluding hydrogens is 485 g/mol. The van der Waals surface area contributed by atoms with E-state index in [4.69, 9.17) is 16.3 Å². The van der Waals surface area contributed by atoms with Crippen LogP contribution in [0.3, 0.4) is 0 Å². The molecule has 0 spiro atoms. The molecule has 1 saturated heterocycles. The molecule has 0 aliphatic carbocycles. The number of nitrogens with zero attached hydrogens (tertiary/aromatic N) is 2. The lowest BCUT2D eigenvalue weighted by atomic mass is 9.97. The van der Waals surface area contributed by atoms with Crippen molar-refractivity contribution in [1.29, 1.82) is 0 Å². The van der Waals surface area contributed by atoms with Crippen LogP contribution in [0.2, 0.25) is 5.02 Å². The zero-order chi connectivity index (χ0) is 18.2. The Bertz CT molecular complexity index is 610. The summed E-state index contributed by atoms with van der Waals surface area (Å²) in [5, 5.41) is 4.51. The molecule has 8 heteroatoms. The van der Waals surface area contributed by atoms with Crippen LogP contribution in [0.5, 0.6) is 0 Å². The number of halogens is 2. The first-order valence-corrected chi connectivity index (χ1v) is 10.1. The lowest BCUT2D eigenvalue weighted by Crippen LogP contribution is -2.47. The highest BCUT2D eigenvalue weighted by Crippen LogP contribution is 2.28. The Kier molecular flexibility index (Phi) is 10.7. The quantitative estimate of drug-likeness (QED) is 0.282. The van der Waals surface area contributed by atoms with E-state index >= 15 is 0 Å². The van der Waals surface area contributed by atoms with Gasteiger partial charge in [0.05, 0.1) is 13.0 Å². The summed E-state index contributed by atoms with van der Waals surface area (Å²) in [4.78, 5) is 18.3. The van der Waals surface area contributed by atoms with Crippen molar-refractivity contribution in [2.24, 2.45) is 10.9 Å². The van der Waals surface area contributed by atoms with Crippen LogP contribution in [0.4, 0.5) is 0 Å². The lowest BCUT2D eigenvalue weighted by Gasteiger charge is -2.33. The van der Waals surface area contributed by atoms with E-state index in [1.807, 2.05) is 18.2 Å². The second kappa shape index (κ2) is 11.9. The van der Waals surface area contributed by atoms with Crippen molar-refractivity contribution in [2.45, 2.75) is 18.1 Å². The van der Waals surface area contributed by atoms with Crippen LogP contribution in [-0.4, -0.2) is 56.9 Å². The van der Waals surface area contributed by atoms with Crippen LogP contribution in [-0.2, 0) is 9.53 Å². The molecular formula is C18H27ClIN3O2S. The summed E-state index contributed by atoms with van der Waals surface area (Å²) in [5.41, 5.74) is 1.20. The van der Waals surface area contributed by atoms with Gasteiger partial charge in [0.25, 0.3) is 0 Å². The summed E-state index contributed by atoms with van der Waals surface area (Å²) in [6, 6.07) is 7.97. The molecule has 0 amide bonds. The number of methoxy groups -OCH3 is 1. The number of ether oxygens (including phenoxy) is 1. The van der Waals surface area contributed by atoms with Gasteiger partial charge in [-0.1, -0.05) is 23.7 Å². The van der Waals surface area contributed by atoms with Crippen molar-refractivity contribution in [2.75, 3.05) is 40.0 Å². The second-order valence-corrected chi connectivity index (χ2v) is 7.47. The maximum absolute atomic E-state index is 11.7. The lowest BCUT2D eigenvalue weighted by molar-refractivity contribution is -0.146. The fraction of sp³-hybridized carbons (Fsp3) is 0.556. The molecule has 1 aromatic carbocycles. The van der Waals surface area contributed by atoms with Gasteiger partial charge < -0.3 is 15.0 Å². The fourth-order valence-electron chi connectivity index (χ4n) is 3.05. The number of guanidine groups is 1. The molecule has 146 valence electrons. The molecule has 1 unspecified atom stereocenters. The van der Waals surface area contributed by atoms with Crippen LogP contribution in [0.15, 0.2) is 29.3 Å². The number of benzene rings is 1. The Balaban J connectivity index is 0.00000338. The first kappa shape index (κ1) is 23.4. The third-order valence-corrected chi connectivity index (χ3v) is 5.73. The average molecular weight is 512 g/mol. The molecule has 1 aromatic rings. The molecule has 2 rings (SSSR count). The van der Waals surface area contributed by atoms with E-state index in [2.05, 4.69) is 27.5 Å². The zero-order valence-electron chi connectivity index (χ0n) is 15.4. The van der Waals surface area contributed by atoms with Crippen LogP contribution in [0.25, 0.3) is 0 Å². The first-order valence-electron chi connectivity index (χ1n) is 8.40. The largest absolute Gasteiger partial charge is 0.469 e. The molecule has 0 radical (unpaired) electrons. The molecule has 1 fully saturated rings. The predicted octanol–water partition coefficient (Wildman–Crippen LogP) is 3.82. The van der Waals surface area contributed by atoms with Gasteiger partial charge in [-0.05, 0) is 36.8 Å². The molecule has 1 aliphatic rings. The van der Waals surface area contributed by atoms with Gasteiger partial charge in [0.15, 0.2) is 5.96 Å². The number of carbonyl (C=O) groups is 1. The molecule has 26 heavy (non-hydrogen) atoms. The topological polar surface area (TPSA) is 53.9 Å². The van der Waals surface area contributed by atoms with E-state index in [0.717, 1.165) is 43.5 Å². The number of hydrogen-bond acceptors (Lipinski definition) is 4. The van der Waals surface area contributed by atoms with Crippen molar-refractivity contribution >= 4 is 59.3 Å². The van der Waals surface area contributed by atoms with Crippen molar-refractivity contribution < 1.29 is 9.53 Å². The van der Waals surface area contributed by atoms with Gasteiger partial charge in [0, 0.05) is 37.0 Å². The minimum absolute atomic E-state index is 0. The van der Waals surface area contributed by atoms with Gasteiger partial charge in [-0.25, -0.2) is 0 Å². The first-order chi connectivity index (χ1) is 12.1. The van der Waals surface area contributed by atoms with Gasteiger partial charge in [-0.3, -0.25) is 9.79 Å². The number of likely N-dealkylation sites (tertiary alicyclic amines) is 1. The summed E-state index contributed by atoms with van der Waals surface area (Å²) < 4.78 is 4.85. The number of rotatable bonds is 5. The monoisotopic (exact) mass is 511 g/mol.